The van der Waals surface area contributed by atoms with Gasteiger partial charge in [0.1, 0.15) is 17.7 Å². The van der Waals surface area contributed by atoms with Gasteiger partial charge in [-0.3, -0.25) is 9.36 Å². The maximum Gasteiger partial charge on any atom is 0.257 e. The van der Waals surface area contributed by atoms with Crippen LogP contribution in [0.15, 0.2) is 27.4 Å². The van der Waals surface area contributed by atoms with Gasteiger partial charge in [-0.05, 0) is 64.1 Å². The summed E-state index contributed by atoms with van der Waals surface area (Å²) in [6.45, 7) is -6.36. The molecule has 1 unspecified atom stereocenters. The Morgan fingerprint density at radius 1 is 1.39 bits per heavy atom. The van der Waals surface area contributed by atoms with E-state index in [1.165, 1.54) is 0 Å². The minimum atomic E-state index is -3.21. The van der Waals surface area contributed by atoms with Crippen LogP contribution in [0.4, 0.5) is 4.39 Å². The molecule has 0 spiro atoms. The van der Waals surface area contributed by atoms with E-state index in [1.54, 1.807) is 0 Å². The quantitative estimate of drug-likeness (QED) is 0.675. The standard InChI is InChI=1S/C23H27FN4O3/c1-14-17(23(30)28-9-2-3-19(29)22(28)25-14)8-12-27-10-6-15(7-11-27)21-18-5-4-16(24)13-20(18)31-26-21/h4-5,13,15,19,29H,2-3,6-12H2,1H3/i1D3,4D,5D,8D2,12D2,13D,19D. The summed E-state index contributed by atoms with van der Waals surface area (Å²) >= 11 is 0. The van der Waals surface area contributed by atoms with Crippen LogP contribution >= 0.6 is 0 Å². The molecule has 2 aliphatic heterocycles. The number of nitrogens with zero attached hydrogens (tertiary/aromatic N) is 4. The normalized spacial score (nSPS) is 29.2. The highest BCUT2D eigenvalue weighted by molar-refractivity contribution is 5.79. The lowest BCUT2D eigenvalue weighted by molar-refractivity contribution is 0.129. The van der Waals surface area contributed by atoms with Gasteiger partial charge in [0.25, 0.3) is 5.56 Å². The molecule has 2 aromatic heterocycles. The molecule has 1 atom stereocenters. The third-order valence-electron chi connectivity index (χ3n) is 5.68. The van der Waals surface area contributed by atoms with Crippen LogP contribution in [0.1, 0.15) is 75.5 Å². The van der Waals surface area contributed by atoms with Crippen molar-refractivity contribution in [1.82, 2.24) is 19.6 Å². The lowest BCUT2D eigenvalue weighted by Crippen LogP contribution is -2.37. The van der Waals surface area contributed by atoms with E-state index in [1.807, 2.05) is 0 Å². The van der Waals surface area contributed by atoms with Crippen molar-refractivity contribution in [2.75, 3.05) is 19.6 Å². The summed E-state index contributed by atoms with van der Waals surface area (Å²) < 4.78 is 111. The van der Waals surface area contributed by atoms with Crippen molar-refractivity contribution in [2.45, 2.75) is 57.5 Å². The van der Waals surface area contributed by atoms with Crippen LogP contribution < -0.4 is 5.56 Å². The number of aromatic nitrogens is 3. The van der Waals surface area contributed by atoms with E-state index in [0.717, 1.165) is 9.47 Å². The summed E-state index contributed by atoms with van der Waals surface area (Å²) in [4.78, 5) is 18.5. The average molecular weight is 438 g/mol. The molecule has 5 rings (SSSR count). The van der Waals surface area contributed by atoms with Gasteiger partial charge < -0.3 is 14.5 Å². The number of likely N-dealkylation sites (tertiary alicyclic amines) is 1. The van der Waals surface area contributed by atoms with Crippen molar-refractivity contribution in [2.24, 2.45) is 0 Å². The van der Waals surface area contributed by atoms with E-state index in [4.69, 9.17) is 19.6 Å². The first-order valence-electron chi connectivity index (χ1n) is 15.5. The Balaban J connectivity index is 1.50. The van der Waals surface area contributed by atoms with E-state index in [0.29, 0.717) is 0 Å². The van der Waals surface area contributed by atoms with Crippen LogP contribution in [0, 0.1) is 12.7 Å². The van der Waals surface area contributed by atoms with Gasteiger partial charge in [-0.25, -0.2) is 9.37 Å². The Kier molecular flexibility index (Phi) is 2.98. The number of hydrogen-bond donors (Lipinski definition) is 1. The number of piperidine rings is 1. The molecule has 0 saturated carbocycles. The van der Waals surface area contributed by atoms with Crippen LogP contribution in [-0.2, 0) is 12.9 Å². The van der Waals surface area contributed by atoms with Gasteiger partial charge in [0.15, 0.2) is 5.58 Å². The predicted octanol–water partition coefficient (Wildman–Crippen LogP) is 3.08. The molecule has 0 amide bonds. The second-order valence-corrected chi connectivity index (χ2v) is 7.63. The minimum absolute atomic E-state index is 0.00742. The van der Waals surface area contributed by atoms with Gasteiger partial charge in [0.2, 0.25) is 0 Å². The zero-order valence-corrected chi connectivity index (χ0v) is 16.5. The van der Waals surface area contributed by atoms with E-state index < -0.39 is 78.3 Å². The Bertz CT molecular complexity index is 1630. The molecule has 2 aliphatic rings. The number of fused-ring (bicyclic) bond motifs is 2. The Morgan fingerprint density at radius 3 is 3.03 bits per heavy atom. The molecule has 1 saturated heterocycles. The summed E-state index contributed by atoms with van der Waals surface area (Å²) in [6, 6.07) is -1.98. The maximum absolute atomic E-state index is 14.1. The molecule has 8 heteroatoms. The van der Waals surface area contributed by atoms with Crippen molar-refractivity contribution in [3.63, 3.8) is 0 Å². The lowest BCUT2D eigenvalue weighted by Gasteiger charge is -2.31. The molecule has 4 heterocycles. The highest BCUT2D eigenvalue weighted by Gasteiger charge is 2.26. The van der Waals surface area contributed by atoms with Crippen molar-refractivity contribution in [3.05, 3.63) is 57.1 Å². The van der Waals surface area contributed by atoms with Crippen LogP contribution in [0.25, 0.3) is 11.0 Å². The highest BCUT2D eigenvalue weighted by Crippen LogP contribution is 2.32. The van der Waals surface area contributed by atoms with Gasteiger partial charge in [-0.1, -0.05) is 5.16 Å². The number of halogens is 1. The van der Waals surface area contributed by atoms with Crippen LogP contribution in [0.3, 0.4) is 0 Å². The molecular formula is C23H27FN4O3. The van der Waals surface area contributed by atoms with Crippen molar-refractivity contribution >= 4 is 11.0 Å². The SMILES string of the molecule is [2H]c1c(F)c([2H])c2onc(C3CCN(C([2H])([2H])C([2H])([2H])c4c(C([2H])([2H])[2H])nc5n(c4=O)CCCC5([2H])O)CC3)c2c1[2H]. The molecular weight excluding hydrogens is 399 g/mol. The predicted molar refractivity (Wildman–Crippen MR) is 114 cm³/mol. The summed E-state index contributed by atoms with van der Waals surface area (Å²) in [5.74, 6) is -2.22. The van der Waals surface area contributed by atoms with Crippen LogP contribution in [0.2, 0.25) is 0 Å². The smallest absolute Gasteiger partial charge is 0.257 e. The molecule has 1 fully saturated rings. The second-order valence-electron chi connectivity index (χ2n) is 7.63. The summed E-state index contributed by atoms with van der Waals surface area (Å²) in [5, 5.41) is 14.4. The Labute approximate surface area is 194 Å². The molecule has 1 N–H and O–H groups in total. The topological polar surface area (TPSA) is 84.4 Å². The van der Waals surface area contributed by atoms with Crippen molar-refractivity contribution in [3.8, 4) is 0 Å². The van der Waals surface area contributed by atoms with Crippen molar-refractivity contribution < 1.29 is 29.1 Å². The minimum Gasteiger partial charge on any atom is -0.385 e. The average Bonchev–Trinajstić information content (AvgIpc) is 3.35. The first-order chi connectivity index (χ1) is 19.3. The van der Waals surface area contributed by atoms with Crippen molar-refractivity contribution in [1.29, 1.82) is 0 Å². The molecule has 0 aliphatic carbocycles. The van der Waals surface area contributed by atoms with Gasteiger partial charge in [-0.15, -0.1) is 0 Å². The molecule has 1 aromatic carbocycles. The molecule has 7 nitrogen and oxygen atoms in total. The molecule has 164 valence electrons. The van der Waals surface area contributed by atoms with E-state index >= 15 is 0 Å². The largest absolute Gasteiger partial charge is 0.385 e. The fourth-order valence-electron chi connectivity index (χ4n) is 4.05. The highest BCUT2D eigenvalue weighted by atomic mass is 19.1. The summed E-state index contributed by atoms with van der Waals surface area (Å²) in [5.41, 5.74) is -3.29. The number of rotatable bonds is 4. The molecule has 0 bridgehead atoms. The first kappa shape index (κ1) is 11.3. The first-order valence-corrected chi connectivity index (χ1v) is 10.0. The zero-order chi connectivity index (χ0) is 31.2. The van der Waals surface area contributed by atoms with E-state index in [9.17, 15) is 14.3 Å². The summed E-state index contributed by atoms with van der Waals surface area (Å²) in [7, 11) is 0. The molecule has 0 radical (unpaired) electrons. The zero-order valence-electron chi connectivity index (χ0n) is 27.5. The van der Waals surface area contributed by atoms with Crippen LogP contribution in [-0.4, -0.2) is 44.3 Å². The third-order valence-corrected chi connectivity index (χ3v) is 5.68. The fraction of sp³-hybridized carbons (Fsp3) is 0.522. The summed E-state index contributed by atoms with van der Waals surface area (Å²) in [6.07, 6.45) is -5.24. The number of benzene rings is 1. The fourth-order valence-corrected chi connectivity index (χ4v) is 4.05. The Hall–Kier alpha value is -2.58. The van der Waals surface area contributed by atoms with Gasteiger partial charge in [0.05, 0.1) is 11.2 Å². The lowest BCUT2D eigenvalue weighted by atomic mass is 9.91. The number of hydrogen-bond acceptors (Lipinski definition) is 6. The number of aryl methyl sites for hydroxylation is 1. The monoisotopic (exact) mass is 437 g/mol. The van der Waals surface area contributed by atoms with Gasteiger partial charge >= 0.3 is 0 Å². The maximum atomic E-state index is 14.1. The Morgan fingerprint density at radius 2 is 2.23 bits per heavy atom. The molecule has 3 aromatic rings. The van der Waals surface area contributed by atoms with Gasteiger partial charge in [-0.2, -0.15) is 0 Å². The van der Waals surface area contributed by atoms with E-state index in [-0.39, 0.29) is 62.0 Å². The third kappa shape index (κ3) is 3.78. The van der Waals surface area contributed by atoms with Gasteiger partial charge in [0, 0.05) is 51.2 Å². The number of aliphatic hydroxyl groups is 1. The second kappa shape index (κ2) is 8.16. The molecule has 31 heavy (non-hydrogen) atoms. The van der Waals surface area contributed by atoms with Crippen LogP contribution in [0.5, 0.6) is 0 Å². The van der Waals surface area contributed by atoms with E-state index in [2.05, 4.69) is 10.1 Å².